The van der Waals surface area contributed by atoms with Gasteiger partial charge in [-0.1, -0.05) is 6.92 Å². The van der Waals surface area contributed by atoms with Gasteiger partial charge in [-0.2, -0.15) is 0 Å². The van der Waals surface area contributed by atoms with Crippen LogP contribution in [0.25, 0.3) is 0 Å². The molecule has 1 rings (SSSR count). The number of ether oxygens (including phenoxy) is 1. The van der Waals surface area contributed by atoms with Crippen molar-refractivity contribution in [2.75, 3.05) is 11.9 Å². The predicted octanol–water partition coefficient (Wildman–Crippen LogP) is 3.14. The van der Waals surface area contributed by atoms with Crippen molar-refractivity contribution in [2.24, 2.45) is 5.92 Å². The van der Waals surface area contributed by atoms with Gasteiger partial charge in [0, 0.05) is 12.6 Å². The number of amides is 2. The lowest BCUT2D eigenvalue weighted by Crippen LogP contribution is -2.33. The molecule has 0 radical (unpaired) electrons. The Kier molecular flexibility index (Phi) is 7.11. The van der Waals surface area contributed by atoms with E-state index in [2.05, 4.69) is 10.6 Å². The van der Waals surface area contributed by atoms with Crippen LogP contribution < -0.4 is 15.4 Å². The molecular formula is C16H25FN2O3. The van der Waals surface area contributed by atoms with E-state index in [0.717, 1.165) is 0 Å². The highest BCUT2D eigenvalue weighted by Gasteiger charge is 2.12. The standard InChI is InChI=1S/C16H25FN2O3/c1-10(2)22-15-6-5-13(17)8-14(15)19-16(21)18-9-11(3)7-12(4)20/h5-6,8,10-12,20H,7,9H2,1-4H3,(H2,18,19,21). The molecule has 0 fully saturated rings. The first kappa shape index (κ1) is 18.2. The van der Waals surface area contributed by atoms with Crippen molar-refractivity contribution < 1.29 is 19.0 Å². The number of benzene rings is 1. The van der Waals surface area contributed by atoms with Crippen molar-refractivity contribution in [3.63, 3.8) is 0 Å². The van der Waals surface area contributed by atoms with Gasteiger partial charge in [0.1, 0.15) is 11.6 Å². The van der Waals surface area contributed by atoms with Crippen LogP contribution in [-0.4, -0.2) is 29.9 Å². The fourth-order valence-electron chi connectivity index (χ4n) is 2.06. The lowest BCUT2D eigenvalue weighted by Gasteiger charge is -2.17. The molecule has 124 valence electrons. The zero-order valence-corrected chi connectivity index (χ0v) is 13.5. The molecule has 6 heteroatoms. The van der Waals surface area contributed by atoms with Gasteiger partial charge in [0.05, 0.1) is 17.9 Å². The summed E-state index contributed by atoms with van der Waals surface area (Å²) in [4.78, 5) is 11.9. The van der Waals surface area contributed by atoms with E-state index in [4.69, 9.17) is 4.74 Å². The number of halogens is 1. The molecule has 22 heavy (non-hydrogen) atoms. The number of carbonyl (C=O) groups is 1. The minimum atomic E-state index is -0.450. The van der Waals surface area contributed by atoms with E-state index in [1.165, 1.54) is 18.2 Å². The normalized spacial score (nSPS) is 13.6. The molecule has 0 aromatic heterocycles. The van der Waals surface area contributed by atoms with E-state index in [-0.39, 0.29) is 17.7 Å². The molecule has 5 nitrogen and oxygen atoms in total. The number of hydrogen-bond acceptors (Lipinski definition) is 3. The Balaban J connectivity index is 2.61. The van der Waals surface area contributed by atoms with Crippen molar-refractivity contribution in [3.05, 3.63) is 24.0 Å². The fraction of sp³-hybridized carbons (Fsp3) is 0.562. The molecule has 0 aliphatic heterocycles. The lowest BCUT2D eigenvalue weighted by atomic mass is 10.1. The molecule has 0 heterocycles. The summed E-state index contributed by atoms with van der Waals surface area (Å²) in [6.45, 7) is 7.77. The number of urea groups is 1. The Hall–Kier alpha value is -1.82. The van der Waals surface area contributed by atoms with E-state index >= 15 is 0 Å². The van der Waals surface area contributed by atoms with Gasteiger partial charge in [-0.3, -0.25) is 0 Å². The third-order valence-electron chi connectivity index (χ3n) is 2.91. The first-order valence-corrected chi connectivity index (χ1v) is 7.47. The summed E-state index contributed by atoms with van der Waals surface area (Å²) in [6, 6.07) is 3.56. The summed E-state index contributed by atoms with van der Waals surface area (Å²) in [5.41, 5.74) is 0.286. The van der Waals surface area contributed by atoms with Gasteiger partial charge in [-0.15, -0.1) is 0 Å². The molecule has 0 aliphatic carbocycles. The number of carbonyl (C=O) groups excluding carboxylic acids is 1. The quantitative estimate of drug-likeness (QED) is 0.724. The van der Waals surface area contributed by atoms with Gasteiger partial charge in [0.15, 0.2) is 0 Å². The number of aliphatic hydroxyl groups is 1. The summed E-state index contributed by atoms with van der Waals surface area (Å²) >= 11 is 0. The van der Waals surface area contributed by atoms with Crippen molar-refractivity contribution >= 4 is 11.7 Å². The maximum Gasteiger partial charge on any atom is 0.319 e. The summed E-state index contributed by atoms with van der Waals surface area (Å²) < 4.78 is 18.9. The van der Waals surface area contributed by atoms with Gasteiger partial charge < -0.3 is 20.5 Å². The Morgan fingerprint density at radius 3 is 2.59 bits per heavy atom. The van der Waals surface area contributed by atoms with Crippen LogP contribution >= 0.6 is 0 Å². The molecule has 1 aromatic rings. The Labute approximate surface area is 130 Å². The minimum absolute atomic E-state index is 0.0832. The first-order chi connectivity index (χ1) is 10.3. The largest absolute Gasteiger partial charge is 0.489 e. The van der Waals surface area contributed by atoms with E-state index in [1.807, 2.05) is 20.8 Å². The molecule has 0 spiro atoms. The van der Waals surface area contributed by atoms with Crippen LogP contribution in [0.4, 0.5) is 14.9 Å². The van der Waals surface area contributed by atoms with Crippen LogP contribution in [0.3, 0.4) is 0 Å². The zero-order chi connectivity index (χ0) is 16.7. The van der Waals surface area contributed by atoms with E-state index < -0.39 is 18.0 Å². The average molecular weight is 312 g/mol. The molecule has 0 aliphatic rings. The Bertz CT molecular complexity index is 492. The van der Waals surface area contributed by atoms with Crippen LogP contribution in [0.1, 0.15) is 34.1 Å². The third kappa shape index (κ3) is 6.76. The number of nitrogens with one attached hydrogen (secondary N) is 2. The van der Waals surface area contributed by atoms with Crippen molar-refractivity contribution in [1.29, 1.82) is 0 Å². The molecule has 2 amide bonds. The van der Waals surface area contributed by atoms with Crippen LogP contribution in [0.2, 0.25) is 0 Å². The van der Waals surface area contributed by atoms with E-state index in [1.54, 1.807) is 6.92 Å². The topological polar surface area (TPSA) is 70.6 Å². The Morgan fingerprint density at radius 1 is 1.32 bits per heavy atom. The first-order valence-electron chi connectivity index (χ1n) is 7.47. The summed E-state index contributed by atoms with van der Waals surface area (Å²) in [7, 11) is 0. The number of rotatable bonds is 7. The van der Waals surface area contributed by atoms with Gasteiger partial charge in [-0.25, -0.2) is 9.18 Å². The summed E-state index contributed by atoms with van der Waals surface area (Å²) in [5.74, 6) is 0.113. The highest BCUT2D eigenvalue weighted by Crippen LogP contribution is 2.26. The second-order valence-electron chi connectivity index (χ2n) is 5.83. The van der Waals surface area contributed by atoms with Gasteiger partial charge in [0.25, 0.3) is 0 Å². The van der Waals surface area contributed by atoms with Crippen molar-refractivity contribution in [2.45, 2.75) is 46.3 Å². The molecule has 0 saturated carbocycles. The van der Waals surface area contributed by atoms with E-state index in [0.29, 0.717) is 18.7 Å². The smallest absolute Gasteiger partial charge is 0.319 e. The third-order valence-corrected chi connectivity index (χ3v) is 2.91. The molecule has 0 saturated heterocycles. The Morgan fingerprint density at radius 2 is 2.00 bits per heavy atom. The van der Waals surface area contributed by atoms with Gasteiger partial charge >= 0.3 is 6.03 Å². The van der Waals surface area contributed by atoms with Crippen LogP contribution in [-0.2, 0) is 0 Å². The monoisotopic (exact) mass is 312 g/mol. The molecule has 0 bridgehead atoms. The molecule has 1 aromatic carbocycles. The SMILES string of the molecule is CC(O)CC(C)CNC(=O)Nc1cc(F)ccc1OC(C)C. The fourth-order valence-corrected chi connectivity index (χ4v) is 2.06. The number of aliphatic hydroxyl groups excluding tert-OH is 1. The highest BCUT2D eigenvalue weighted by atomic mass is 19.1. The maximum atomic E-state index is 13.3. The lowest BCUT2D eigenvalue weighted by molar-refractivity contribution is 0.163. The molecule has 2 atom stereocenters. The van der Waals surface area contributed by atoms with Crippen LogP contribution in [0.5, 0.6) is 5.75 Å². The average Bonchev–Trinajstić information content (AvgIpc) is 2.38. The number of hydrogen-bond donors (Lipinski definition) is 3. The molecule has 3 N–H and O–H groups in total. The van der Waals surface area contributed by atoms with Crippen molar-refractivity contribution in [1.82, 2.24) is 5.32 Å². The summed E-state index contributed by atoms with van der Waals surface area (Å²) in [5, 5.41) is 14.6. The van der Waals surface area contributed by atoms with Gasteiger partial charge in [0.2, 0.25) is 0 Å². The molecular weight excluding hydrogens is 287 g/mol. The highest BCUT2D eigenvalue weighted by molar-refractivity contribution is 5.90. The van der Waals surface area contributed by atoms with Gasteiger partial charge in [-0.05, 0) is 45.2 Å². The van der Waals surface area contributed by atoms with Crippen molar-refractivity contribution in [3.8, 4) is 5.75 Å². The van der Waals surface area contributed by atoms with E-state index in [9.17, 15) is 14.3 Å². The second-order valence-corrected chi connectivity index (χ2v) is 5.83. The zero-order valence-electron chi connectivity index (χ0n) is 13.5. The van der Waals surface area contributed by atoms with Crippen LogP contribution in [0.15, 0.2) is 18.2 Å². The number of anilines is 1. The predicted molar refractivity (Wildman–Crippen MR) is 84.6 cm³/mol. The minimum Gasteiger partial charge on any atom is -0.489 e. The summed E-state index contributed by atoms with van der Waals surface area (Å²) in [6.07, 6.45) is 0.108. The second kappa shape index (κ2) is 8.58. The molecule has 2 unspecified atom stereocenters. The van der Waals surface area contributed by atoms with Crippen LogP contribution in [0, 0.1) is 11.7 Å². The maximum absolute atomic E-state index is 13.3.